The van der Waals surface area contributed by atoms with Crippen LogP contribution >= 0.6 is 11.8 Å². The number of aliphatic imine (C=N–C) groups is 1. The summed E-state index contributed by atoms with van der Waals surface area (Å²) in [7, 11) is 1.62. The van der Waals surface area contributed by atoms with E-state index < -0.39 is 5.25 Å². The predicted molar refractivity (Wildman–Crippen MR) is 115 cm³/mol. The number of methoxy groups -OCH3 is 1. The number of amidine groups is 1. The van der Waals surface area contributed by atoms with Gasteiger partial charge in [0.05, 0.1) is 18.0 Å². The van der Waals surface area contributed by atoms with E-state index in [1.807, 2.05) is 31.2 Å². The number of ether oxygens (including phenoxy) is 1. The van der Waals surface area contributed by atoms with Gasteiger partial charge < -0.3 is 10.1 Å². The third-order valence-electron chi connectivity index (χ3n) is 4.57. The zero-order chi connectivity index (χ0) is 20.4. The van der Waals surface area contributed by atoms with E-state index in [0.717, 1.165) is 24.3 Å². The molecule has 1 N–H and O–H groups in total. The molecule has 154 valence electrons. The first-order valence-corrected chi connectivity index (χ1v) is 10.9. The number of thioether (sulfide) groups is 1. The number of amides is 2. The lowest BCUT2D eigenvalue weighted by atomic mass is 10.1. The average molecular weight is 406 g/mol. The molecular weight excluding hydrogens is 374 g/mol. The number of hydrogen-bond donors (Lipinski definition) is 1. The molecule has 0 radical (unpaired) electrons. The first kappa shape index (κ1) is 22.3. The summed E-state index contributed by atoms with van der Waals surface area (Å²) in [5.74, 6) is 0.618. The molecule has 2 amide bonds. The quantitative estimate of drug-likeness (QED) is 0.594. The van der Waals surface area contributed by atoms with Crippen LogP contribution in [0.1, 0.15) is 52.4 Å². The van der Waals surface area contributed by atoms with Gasteiger partial charge in [0.25, 0.3) is 0 Å². The molecule has 0 spiro atoms. The van der Waals surface area contributed by atoms with Gasteiger partial charge in [0, 0.05) is 19.5 Å². The maximum Gasteiger partial charge on any atom is 0.234 e. The fourth-order valence-corrected chi connectivity index (χ4v) is 4.14. The van der Waals surface area contributed by atoms with Crippen LogP contribution in [0.2, 0.25) is 0 Å². The molecule has 1 saturated heterocycles. The highest BCUT2D eigenvalue weighted by molar-refractivity contribution is 8.15. The van der Waals surface area contributed by atoms with Crippen LogP contribution in [0.15, 0.2) is 29.3 Å². The second kappa shape index (κ2) is 11.7. The Morgan fingerprint density at radius 1 is 1.21 bits per heavy atom. The maximum absolute atomic E-state index is 12.8. The molecule has 1 unspecified atom stereocenters. The van der Waals surface area contributed by atoms with Crippen LogP contribution < -0.4 is 10.1 Å². The van der Waals surface area contributed by atoms with Gasteiger partial charge in [-0.05, 0) is 37.6 Å². The average Bonchev–Trinajstić information content (AvgIpc) is 2.70. The highest BCUT2D eigenvalue weighted by Gasteiger charge is 2.35. The van der Waals surface area contributed by atoms with Crippen LogP contribution in [-0.4, -0.2) is 47.3 Å². The molecule has 2 rings (SSSR count). The van der Waals surface area contributed by atoms with Crippen molar-refractivity contribution < 1.29 is 14.3 Å². The van der Waals surface area contributed by atoms with Crippen LogP contribution in [-0.2, 0) is 9.59 Å². The molecular formula is C21H31N3O3S. The van der Waals surface area contributed by atoms with Crippen molar-refractivity contribution in [1.82, 2.24) is 10.2 Å². The standard InChI is InChI=1S/C21H31N3O3S/c1-4-6-7-8-9-14-24-19(25)15-18(20(26)22-5-2)28-21(24)23-16-10-12-17(27-3)13-11-16/h10-13,18H,4-9,14-15H2,1-3H3,(H,22,26). The van der Waals surface area contributed by atoms with E-state index >= 15 is 0 Å². The third-order valence-corrected chi connectivity index (χ3v) is 5.75. The topological polar surface area (TPSA) is 71.0 Å². The SMILES string of the molecule is CCCCCCCN1C(=O)CC(C(=O)NCC)SC1=Nc1ccc(OC)cc1. The molecule has 1 atom stereocenters. The number of carbonyl (C=O) groups is 2. The summed E-state index contributed by atoms with van der Waals surface area (Å²) in [6.45, 7) is 5.26. The van der Waals surface area contributed by atoms with Crippen molar-refractivity contribution >= 4 is 34.4 Å². The smallest absolute Gasteiger partial charge is 0.234 e. The van der Waals surface area contributed by atoms with E-state index in [1.54, 1.807) is 12.0 Å². The molecule has 0 aliphatic carbocycles. The molecule has 1 aliphatic rings. The highest BCUT2D eigenvalue weighted by atomic mass is 32.2. The number of nitrogens with one attached hydrogen (secondary N) is 1. The lowest BCUT2D eigenvalue weighted by molar-refractivity contribution is -0.130. The van der Waals surface area contributed by atoms with Crippen molar-refractivity contribution in [3.63, 3.8) is 0 Å². The van der Waals surface area contributed by atoms with E-state index in [-0.39, 0.29) is 18.2 Å². The van der Waals surface area contributed by atoms with E-state index in [4.69, 9.17) is 4.74 Å². The van der Waals surface area contributed by atoms with Gasteiger partial charge >= 0.3 is 0 Å². The summed E-state index contributed by atoms with van der Waals surface area (Å²) in [6, 6.07) is 7.38. The zero-order valence-electron chi connectivity index (χ0n) is 17.1. The minimum Gasteiger partial charge on any atom is -0.497 e. The molecule has 1 aliphatic heterocycles. The van der Waals surface area contributed by atoms with Crippen LogP contribution in [0.4, 0.5) is 5.69 Å². The maximum atomic E-state index is 12.8. The molecule has 7 heteroatoms. The predicted octanol–water partition coefficient (Wildman–Crippen LogP) is 4.12. The van der Waals surface area contributed by atoms with Gasteiger partial charge in [-0.3, -0.25) is 14.5 Å². The minimum absolute atomic E-state index is 0.0299. The first-order chi connectivity index (χ1) is 13.6. The lowest BCUT2D eigenvalue weighted by Crippen LogP contribution is -2.47. The highest BCUT2D eigenvalue weighted by Crippen LogP contribution is 2.30. The van der Waals surface area contributed by atoms with Crippen LogP contribution in [0, 0.1) is 0 Å². The fraction of sp³-hybridized carbons (Fsp3) is 0.571. The summed E-state index contributed by atoms with van der Waals surface area (Å²) < 4.78 is 5.19. The monoisotopic (exact) mass is 405 g/mol. The molecule has 0 saturated carbocycles. The Hall–Kier alpha value is -2.02. The van der Waals surface area contributed by atoms with Crippen molar-refractivity contribution in [1.29, 1.82) is 0 Å². The molecule has 6 nitrogen and oxygen atoms in total. The van der Waals surface area contributed by atoms with Gasteiger partial charge in [-0.25, -0.2) is 4.99 Å². The summed E-state index contributed by atoms with van der Waals surface area (Å²) >= 11 is 1.38. The van der Waals surface area contributed by atoms with Crippen molar-refractivity contribution in [3.05, 3.63) is 24.3 Å². The molecule has 0 aromatic heterocycles. The zero-order valence-corrected chi connectivity index (χ0v) is 17.9. The summed E-state index contributed by atoms with van der Waals surface area (Å²) in [5, 5.41) is 2.99. The largest absolute Gasteiger partial charge is 0.497 e. The summed E-state index contributed by atoms with van der Waals surface area (Å²) in [5.41, 5.74) is 0.739. The van der Waals surface area contributed by atoms with Gasteiger partial charge in [0.2, 0.25) is 11.8 Å². The normalized spacial score (nSPS) is 18.4. The molecule has 1 aromatic carbocycles. The third kappa shape index (κ3) is 6.55. The van der Waals surface area contributed by atoms with Gasteiger partial charge in [0.1, 0.15) is 5.75 Å². The van der Waals surface area contributed by atoms with Gasteiger partial charge in [-0.2, -0.15) is 0 Å². The fourth-order valence-electron chi connectivity index (χ4n) is 2.99. The first-order valence-electron chi connectivity index (χ1n) is 10.1. The van der Waals surface area contributed by atoms with E-state index in [0.29, 0.717) is 18.3 Å². The summed E-state index contributed by atoms with van der Waals surface area (Å²) in [6.07, 6.45) is 5.84. The van der Waals surface area contributed by atoms with Crippen molar-refractivity contribution in [2.75, 3.05) is 20.2 Å². The molecule has 0 bridgehead atoms. The Bertz CT molecular complexity index is 676. The van der Waals surface area contributed by atoms with Crippen LogP contribution in [0.25, 0.3) is 0 Å². The summed E-state index contributed by atoms with van der Waals surface area (Å²) in [4.78, 5) is 31.5. The Labute approximate surface area is 172 Å². The number of hydrogen-bond acceptors (Lipinski definition) is 5. The Kier molecular flexibility index (Phi) is 9.34. The van der Waals surface area contributed by atoms with Crippen LogP contribution in [0.3, 0.4) is 0 Å². The lowest BCUT2D eigenvalue weighted by Gasteiger charge is -2.31. The van der Waals surface area contributed by atoms with Gasteiger partial charge in [-0.15, -0.1) is 0 Å². The number of rotatable bonds is 10. The van der Waals surface area contributed by atoms with Gasteiger partial charge in [-0.1, -0.05) is 44.4 Å². The van der Waals surface area contributed by atoms with Crippen molar-refractivity contribution in [2.24, 2.45) is 4.99 Å². The molecule has 28 heavy (non-hydrogen) atoms. The second-order valence-corrected chi connectivity index (χ2v) is 7.93. The van der Waals surface area contributed by atoms with E-state index in [9.17, 15) is 9.59 Å². The molecule has 1 fully saturated rings. The van der Waals surface area contributed by atoms with Gasteiger partial charge in [0.15, 0.2) is 5.17 Å². The number of unbranched alkanes of at least 4 members (excludes halogenated alkanes) is 4. The number of benzene rings is 1. The molecule has 1 aromatic rings. The van der Waals surface area contributed by atoms with E-state index in [1.165, 1.54) is 31.0 Å². The van der Waals surface area contributed by atoms with Crippen molar-refractivity contribution in [3.8, 4) is 5.75 Å². The Morgan fingerprint density at radius 3 is 2.57 bits per heavy atom. The Balaban J connectivity index is 2.16. The van der Waals surface area contributed by atoms with Crippen LogP contribution in [0.5, 0.6) is 5.75 Å². The Morgan fingerprint density at radius 2 is 1.93 bits per heavy atom. The molecule has 1 heterocycles. The van der Waals surface area contributed by atoms with Crippen molar-refractivity contribution in [2.45, 2.75) is 57.6 Å². The minimum atomic E-state index is -0.430. The number of carbonyl (C=O) groups excluding carboxylic acids is 2. The van der Waals surface area contributed by atoms with E-state index in [2.05, 4.69) is 17.2 Å². The second-order valence-electron chi connectivity index (χ2n) is 6.76. The number of nitrogens with zero attached hydrogens (tertiary/aromatic N) is 2.